The van der Waals surface area contributed by atoms with Crippen molar-refractivity contribution in [2.24, 2.45) is 0 Å². The number of carbonyl (C=O) groups is 1. The van der Waals surface area contributed by atoms with Gasteiger partial charge in [-0.15, -0.1) is 0 Å². The molecule has 0 aromatic rings. The van der Waals surface area contributed by atoms with Crippen LogP contribution in [0.3, 0.4) is 0 Å². The number of nitrogens with one attached hydrogen (secondary N) is 1. The summed E-state index contributed by atoms with van der Waals surface area (Å²) < 4.78 is 153. The summed E-state index contributed by atoms with van der Waals surface area (Å²) in [4.78, 5) is 11.3. The van der Waals surface area contributed by atoms with E-state index in [0.29, 0.717) is 0 Å². The standard InChI is InChI=1S/C14H16F11NO4/c1-2-30-9(28)7-8(26-3-5-29-6-4-27)10(15,16)11(17,18)12(19,20)13(21,22)14(23,24)25/h7,26-27H,2-6H2,1H3/b8-7+. The van der Waals surface area contributed by atoms with Crippen molar-refractivity contribution in [2.75, 3.05) is 33.0 Å². The second-order valence-electron chi connectivity index (χ2n) is 5.37. The van der Waals surface area contributed by atoms with Gasteiger partial charge in [-0.1, -0.05) is 0 Å². The number of hydrogen-bond acceptors (Lipinski definition) is 5. The average Bonchev–Trinajstić information content (AvgIpc) is 2.59. The van der Waals surface area contributed by atoms with Crippen LogP contribution < -0.4 is 5.32 Å². The highest BCUT2D eigenvalue weighted by Crippen LogP contribution is 2.58. The van der Waals surface area contributed by atoms with Crippen LogP contribution in [0, 0.1) is 0 Å². The fraction of sp³-hybridized carbons (Fsp3) is 0.786. The maximum Gasteiger partial charge on any atom is 0.460 e. The van der Waals surface area contributed by atoms with Crippen LogP contribution in [0.5, 0.6) is 0 Å². The number of halogens is 11. The summed E-state index contributed by atoms with van der Waals surface area (Å²) >= 11 is 0. The van der Waals surface area contributed by atoms with E-state index < -0.39 is 74.0 Å². The summed E-state index contributed by atoms with van der Waals surface area (Å²) in [6.45, 7) is -1.87. The molecule has 0 aromatic heterocycles. The molecule has 0 aliphatic rings. The van der Waals surface area contributed by atoms with E-state index in [4.69, 9.17) is 5.11 Å². The minimum Gasteiger partial charge on any atom is -0.463 e. The van der Waals surface area contributed by atoms with Crippen LogP contribution in [0.2, 0.25) is 0 Å². The zero-order valence-electron chi connectivity index (χ0n) is 14.9. The summed E-state index contributed by atoms with van der Waals surface area (Å²) in [5.74, 6) is -30.7. The van der Waals surface area contributed by atoms with Gasteiger partial charge in [-0.25, -0.2) is 4.79 Å². The number of alkyl halides is 11. The Labute approximate surface area is 161 Å². The van der Waals surface area contributed by atoms with Gasteiger partial charge in [-0.05, 0) is 6.92 Å². The Hall–Kier alpha value is -1.84. The molecule has 0 atom stereocenters. The number of aliphatic hydroxyl groups is 1. The normalized spacial score (nSPS) is 14.6. The number of ether oxygens (including phenoxy) is 2. The van der Waals surface area contributed by atoms with Crippen LogP contribution in [0.1, 0.15) is 6.92 Å². The molecule has 0 saturated heterocycles. The summed E-state index contributed by atoms with van der Waals surface area (Å²) in [6, 6.07) is 0. The van der Waals surface area contributed by atoms with Crippen molar-refractivity contribution in [1.29, 1.82) is 0 Å². The number of rotatable bonds is 12. The third-order valence-corrected chi connectivity index (χ3v) is 3.22. The molecule has 5 nitrogen and oxygen atoms in total. The van der Waals surface area contributed by atoms with Gasteiger partial charge in [0, 0.05) is 12.6 Å². The molecule has 0 bridgehead atoms. The summed E-state index contributed by atoms with van der Waals surface area (Å²) in [7, 11) is 0. The molecule has 0 rings (SSSR count). The Morgan fingerprint density at radius 1 is 0.900 bits per heavy atom. The molecule has 178 valence electrons. The molecular weight excluding hydrogens is 455 g/mol. The van der Waals surface area contributed by atoms with Crippen LogP contribution in [0.25, 0.3) is 0 Å². The zero-order chi connectivity index (χ0) is 24.0. The maximum atomic E-state index is 14.1. The molecule has 0 heterocycles. The van der Waals surface area contributed by atoms with E-state index in [1.807, 2.05) is 0 Å². The third kappa shape index (κ3) is 5.65. The average molecular weight is 471 g/mol. The van der Waals surface area contributed by atoms with Gasteiger partial charge in [-0.3, -0.25) is 0 Å². The Morgan fingerprint density at radius 3 is 1.87 bits per heavy atom. The number of allylic oxidation sites excluding steroid dienone is 1. The smallest absolute Gasteiger partial charge is 0.460 e. The van der Waals surface area contributed by atoms with Crippen LogP contribution in [-0.4, -0.2) is 73.9 Å². The molecule has 0 aliphatic heterocycles. The van der Waals surface area contributed by atoms with Crippen molar-refractivity contribution < 1.29 is 67.7 Å². The maximum absolute atomic E-state index is 14.1. The molecule has 0 fully saturated rings. The van der Waals surface area contributed by atoms with Gasteiger partial charge >= 0.3 is 35.8 Å². The summed E-state index contributed by atoms with van der Waals surface area (Å²) in [6.07, 6.45) is -7.79. The van der Waals surface area contributed by atoms with E-state index in [-0.39, 0.29) is 6.61 Å². The predicted molar refractivity (Wildman–Crippen MR) is 76.5 cm³/mol. The van der Waals surface area contributed by atoms with Crippen molar-refractivity contribution in [1.82, 2.24) is 5.32 Å². The third-order valence-electron chi connectivity index (χ3n) is 3.22. The lowest BCUT2D eigenvalue weighted by Gasteiger charge is -2.38. The van der Waals surface area contributed by atoms with Crippen LogP contribution in [0.15, 0.2) is 11.8 Å². The van der Waals surface area contributed by atoms with Gasteiger partial charge in [-0.2, -0.15) is 48.3 Å². The predicted octanol–water partition coefficient (Wildman–Crippen LogP) is 3.14. The van der Waals surface area contributed by atoms with E-state index in [2.05, 4.69) is 9.47 Å². The molecule has 2 N–H and O–H groups in total. The SMILES string of the molecule is CCOC(=O)/C=C(/NCCOCCO)C(F)(F)C(F)(F)C(F)(F)C(F)(F)C(F)(F)F. The highest BCUT2D eigenvalue weighted by molar-refractivity contribution is 5.83. The van der Waals surface area contributed by atoms with Gasteiger partial charge in [0.2, 0.25) is 0 Å². The first-order chi connectivity index (χ1) is 13.4. The van der Waals surface area contributed by atoms with Gasteiger partial charge in [0.05, 0.1) is 32.1 Å². The highest BCUT2D eigenvalue weighted by Gasteiger charge is 2.87. The molecule has 0 aliphatic carbocycles. The van der Waals surface area contributed by atoms with Crippen molar-refractivity contribution >= 4 is 5.97 Å². The van der Waals surface area contributed by atoms with E-state index in [1.54, 1.807) is 0 Å². The first kappa shape index (κ1) is 28.2. The fourth-order valence-electron chi connectivity index (χ4n) is 1.72. The van der Waals surface area contributed by atoms with Crippen molar-refractivity contribution in [3.8, 4) is 0 Å². The Kier molecular flexibility index (Phi) is 9.37. The molecule has 0 spiro atoms. The monoisotopic (exact) mass is 471 g/mol. The van der Waals surface area contributed by atoms with Crippen molar-refractivity contribution in [2.45, 2.75) is 36.8 Å². The molecule has 30 heavy (non-hydrogen) atoms. The lowest BCUT2D eigenvalue weighted by molar-refractivity contribution is -0.418. The molecule has 0 aromatic carbocycles. The van der Waals surface area contributed by atoms with E-state index in [1.165, 1.54) is 5.32 Å². The second kappa shape index (κ2) is 9.98. The minimum absolute atomic E-state index is 0.374. The Bertz CT molecular complexity index is 605. The van der Waals surface area contributed by atoms with E-state index in [0.717, 1.165) is 6.92 Å². The lowest BCUT2D eigenvalue weighted by atomic mass is 9.95. The number of aliphatic hydroxyl groups excluding tert-OH is 1. The topological polar surface area (TPSA) is 67.8 Å². The van der Waals surface area contributed by atoms with E-state index >= 15 is 0 Å². The minimum atomic E-state index is -7.62. The first-order valence-electron chi connectivity index (χ1n) is 7.81. The van der Waals surface area contributed by atoms with Crippen LogP contribution in [-0.2, 0) is 14.3 Å². The number of carbonyl (C=O) groups excluding carboxylic acids is 1. The fourth-order valence-corrected chi connectivity index (χ4v) is 1.72. The molecule has 0 radical (unpaired) electrons. The lowest BCUT2D eigenvalue weighted by Crippen LogP contribution is -2.67. The highest BCUT2D eigenvalue weighted by atomic mass is 19.4. The van der Waals surface area contributed by atoms with Gasteiger partial charge in [0.15, 0.2) is 0 Å². The van der Waals surface area contributed by atoms with Crippen molar-refractivity contribution in [3.63, 3.8) is 0 Å². The van der Waals surface area contributed by atoms with Gasteiger partial charge < -0.3 is 19.9 Å². The molecule has 0 unspecified atom stereocenters. The van der Waals surface area contributed by atoms with Gasteiger partial charge in [0.1, 0.15) is 0 Å². The van der Waals surface area contributed by atoms with Crippen LogP contribution in [0.4, 0.5) is 48.3 Å². The molecule has 0 amide bonds. The largest absolute Gasteiger partial charge is 0.463 e. The zero-order valence-corrected chi connectivity index (χ0v) is 14.9. The molecule has 0 saturated carbocycles. The first-order valence-corrected chi connectivity index (χ1v) is 7.81. The second-order valence-corrected chi connectivity index (χ2v) is 5.37. The van der Waals surface area contributed by atoms with Crippen molar-refractivity contribution in [3.05, 3.63) is 11.8 Å². The number of hydrogen-bond donors (Lipinski definition) is 2. The molecular formula is C14H16F11NO4. The Balaban J connectivity index is 6.13. The molecule has 16 heteroatoms. The quantitative estimate of drug-likeness (QED) is 0.198. The summed E-state index contributed by atoms with van der Waals surface area (Å²) in [5, 5.41) is 9.78. The van der Waals surface area contributed by atoms with Gasteiger partial charge in [0.25, 0.3) is 0 Å². The van der Waals surface area contributed by atoms with E-state index in [9.17, 15) is 53.1 Å². The van der Waals surface area contributed by atoms with Crippen LogP contribution >= 0.6 is 0 Å². The number of esters is 1. The summed E-state index contributed by atoms with van der Waals surface area (Å²) in [5.41, 5.74) is -2.42. The Morgan fingerprint density at radius 2 is 1.43 bits per heavy atom.